The lowest BCUT2D eigenvalue weighted by Crippen LogP contribution is -2.06. The first-order valence-electron chi connectivity index (χ1n) is 10.9. The number of carbonyl (C=O) groups is 1. The zero-order chi connectivity index (χ0) is 24.6. The third kappa shape index (κ3) is 8.22. The standard InChI is InChI=1S/C24H25ClF3NO5/c1-2-32-22(30)9-7-17-6-8-19(33-11-3-10-31-15-16-4-5-16)13-21(17)34-23-20(25)12-18(14-29-23)24(26,27)28/h6-9,12-14,16H,2-5,10-11,15H2,1H3. The van der Waals surface area contributed by atoms with E-state index in [2.05, 4.69) is 4.98 Å². The number of ether oxygens (including phenoxy) is 4. The lowest BCUT2D eigenvalue weighted by atomic mass is 10.1. The highest BCUT2D eigenvalue weighted by Gasteiger charge is 2.32. The highest BCUT2D eigenvalue weighted by atomic mass is 35.5. The number of halogens is 4. The predicted octanol–water partition coefficient (Wildman–Crippen LogP) is 6.32. The number of rotatable bonds is 12. The van der Waals surface area contributed by atoms with Gasteiger partial charge in [0.2, 0.25) is 5.88 Å². The summed E-state index contributed by atoms with van der Waals surface area (Å²) in [7, 11) is 0. The molecule has 1 aromatic heterocycles. The number of aromatic nitrogens is 1. The Morgan fingerprint density at radius 2 is 2.03 bits per heavy atom. The van der Waals surface area contributed by atoms with Crippen molar-refractivity contribution >= 4 is 23.6 Å². The van der Waals surface area contributed by atoms with Gasteiger partial charge in [0.05, 0.1) is 18.8 Å². The molecule has 0 atom stereocenters. The van der Waals surface area contributed by atoms with Crippen molar-refractivity contribution < 1.29 is 36.9 Å². The Kier molecular flexibility index (Phi) is 9.18. The van der Waals surface area contributed by atoms with E-state index in [4.69, 9.17) is 30.5 Å². The van der Waals surface area contributed by atoms with Crippen molar-refractivity contribution in [1.82, 2.24) is 4.98 Å². The molecule has 1 aliphatic carbocycles. The number of hydrogen-bond acceptors (Lipinski definition) is 6. The molecule has 2 aromatic rings. The minimum atomic E-state index is -4.58. The molecule has 1 fully saturated rings. The second kappa shape index (κ2) is 12.1. The molecule has 6 nitrogen and oxygen atoms in total. The predicted molar refractivity (Wildman–Crippen MR) is 120 cm³/mol. The summed E-state index contributed by atoms with van der Waals surface area (Å²) in [6.07, 6.45) is 1.88. The highest BCUT2D eigenvalue weighted by molar-refractivity contribution is 6.31. The molecule has 1 aromatic carbocycles. The Morgan fingerprint density at radius 1 is 1.24 bits per heavy atom. The molecule has 1 heterocycles. The van der Waals surface area contributed by atoms with Crippen LogP contribution in [0.4, 0.5) is 13.2 Å². The van der Waals surface area contributed by atoms with Crippen LogP contribution in [0, 0.1) is 5.92 Å². The maximum absolute atomic E-state index is 12.9. The molecular formula is C24H25ClF3NO5. The first kappa shape index (κ1) is 25.8. The monoisotopic (exact) mass is 499 g/mol. The topological polar surface area (TPSA) is 66.9 Å². The Bertz CT molecular complexity index is 1010. The molecule has 0 N–H and O–H groups in total. The van der Waals surface area contributed by atoms with Gasteiger partial charge in [0.15, 0.2) is 0 Å². The summed E-state index contributed by atoms with van der Waals surface area (Å²) in [5, 5.41) is -0.311. The summed E-state index contributed by atoms with van der Waals surface area (Å²) in [6, 6.07) is 5.61. The summed E-state index contributed by atoms with van der Waals surface area (Å²) in [4.78, 5) is 15.4. The van der Waals surface area contributed by atoms with Crippen LogP contribution >= 0.6 is 11.6 Å². The van der Waals surface area contributed by atoms with E-state index in [1.165, 1.54) is 25.0 Å². The van der Waals surface area contributed by atoms with Gasteiger partial charge in [0.25, 0.3) is 0 Å². The molecule has 1 saturated carbocycles. The maximum atomic E-state index is 12.9. The minimum absolute atomic E-state index is 0.192. The number of benzene rings is 1. The number of esters is 1. The van der Waals surface area contributed by atoms with E-state index in [1.54, 1.807) is 25.1 Å². The minimum Gasteiger partial charge on any atom is -0.493 e. The van der Waals surface area contributed by atoms with Gasteiger partial charge >= 0.3 is 12.1 Å². The van der Waals surface area contributed by atoms with Gasteiger partial charge in [-0.3, -0.25) is 0 Å². The van der Waals surface area contributed by atoms with Crippen LogP contribution in [0.5, 0.6) is 17.4 Å². The van der Waals surface area contributed by atoms with Crippen LogP contribution in [-0.4, -0.2) is 37.4 Å². The van der Waals surface area contributed by atoms with Gasteiger partial charge in [-0.25, -0.2) is 9.78 Å². The van der Waals surface area contributed by atoms with Crippen molar-refractivity contribution in [2.24, 2.45) is 5.92 Å². The van der Waals surface area contributed by atoms with Crippen LogP contribution in [0.15, 0.2) is 36.5 Å². The van der Waals surface area contributed by atoms with Gasteiger partial charge < -0.3 is 18.9 Å². The van der Waals surface area contributed by atoms with Crippen molar-refractivity contribution in [2.75, 3.05) is 26.4 Å². The molecule has 0 spiro atoms. The molecule has 0 saturated heterocycles. The summed E-state index contributed by atoms with van der Waals surface area (Å²) in [5.41, 5.74) is -0.542. The van der Waals surface area contributed by atoms with E-state index in [-0.39, 0.29) is 23.3 Å². The Balaban J connectivity index is 1.72. The van der Waals surface area contributed by atoms with E-state index >= 15 is 0 Å². The molecular weight excluding hydrogens is 475 g/mol. The van der Waals surface area contributed by atoms with Crippen molar-refractivity contribution in [2.45, 2.75) is 32.4 Å². The van der Waals surface area contributed by atoms with E-state index < -0.39 is 17.7 Å². The van der Waals surface area contributed by atoms with Crippen LogP contribution in [0.2, 0.25) is 5.02 Å². The smallest absolute Gasteiger partial charge is 0.417 e. The first-order valence-corrected chi connectivity index (χ1v) is 11.2. The van der Waals surface area contributed by atoms with Crippen molar-refractivity contribution in [3.8, 4) is 17.4 Å². The van der Waals surface area contributed by atoms with Gasteiger partial charge in [0.1, 0.15) is 16.5 Å². The van der Waals surface area contributed by atoms with Gasteiger partial charge in [-0.15, -0.1) is 0 Å². The number of alkyl halides is 3. The van der Waals surface area contributed by atoms with Gasteiger partial charge in [-0.2, -0.15) is 13.2 Å². The van der Waals surface area contributed by atoms with Crippen LogP contribution in [0.25, 0.3) is 6.08 Å². The highest BCUT2D eigenvalue weighted by Crippen LogP contribution is 2.36. The fourth-order valence-corrected chi connectivity index (χ4v) is 3.03. The molecule has 184 valence electrons. The number of carbonyl (C=O) groups excluding carboxylic acids is 1. The number of hydrogen-bond donors (Lipinski definition) is 0. The van der Waals surface area contributed by atoms with Crippen LogP contribution in [0.1, 0.15) is 37.3 Å². The molecule has 10 heteroatoms. The largest absolute Gasteiger partial charge is 0.493 e. The number of nitrogens with zero attached hydrogens (tertiary/aromatic N) is 1. The molecule has 0 radical (unpaired) electrons. The first-order chi connectivity index (χ1) is 16.3. The third-order valence-electron chi connectivity index (χ3n) is 4.76. The Hall–Kier alpha value is -2.78. The summed E-state index contributed by atoms with van der Waals surface area (Å²) in [6.45, 7) is 3.67. The SMILES string of the molecule is CCOC(=O)C=Cc1ccc(OCCCOCC2CC2)cc1Oc1ncc(C(F)(F)F)cc1Cl. The van der Waals surface area contributed by atoms with Gasteiger partial charge in [0, 0.05) is 43.5 Å². The quantitative estimate of drug-likeness (QED) is 0.193. The van der Waals surface area contributed by atoms with Crippen molar-refractivity contribution in [3.63, 3.8) is 0 Å². The average Bonchev–Trinajstić information content (AvgIpc) is 3.61. The zero-order valence-electron chi connectivity index (χ0n) is 18.6. The average molecular weight is 500 g/mol. The van der Waals surface area contributed by atoms with Crippen LogP contribution in [0.3, 0.4) is 0 Å². The molecule has 0 aliphatic heterocycles. The fraction of sp³-hybridized carbons (Fsp3) is 0.417. The van der Waals surface area contributed by atoms with Crippen LogP contribution < -0.4 is 9.47 Å². The Morgan fingerprint density at radius 3 is 2.71 bits per heavy atom. The van der Waals surface area contributed by atoms with Crippen molar-refractivity contribution in [1.29, 1.82) is 0 Å². The molecule has 34 heavy (non-hydrogen) atoms. The Labute approximate surface area is 200 Å². The summed E-state index contributed by atoms with van der Waals surface area (Å²) >= 11 is 5.98. The van der Waals surface area contributed by atoms with E-state index in [9.17, 15) is 18.0 Å². The second-order valence-corrected chi connectivity index (χ2v) is 8.02. The van der Waals surface area contributed by atoms with E-state index in [1.807, 2.05) is 0 Å². The molecule has 3 rings (SSSR count). The van der Waals surface area contributed by atoms with Crippen molar-refractivity contribution in [3.05, 3.63) is 52.7 Å². The third-order valence-corrected chi connectivity index (χ3v) is 5.03. The zero-order valence-corrected chi connectivity index (χ0v) is 19.3. The number of pyridine rings is 1. The lowest BCUT2D eigenvalue weighted by Gasteiger charge is -2.13. The normalized spacial score (nSPS) is 13.8. The van der Waals surface area contributed by atoms with E-state index in [0.29, 0.717) is 43.1 Å². The van der Waals surface area contributed by atoms with Gasteiger partial charge in [-0.1, -0.05) is 11.6 Å². The summed E-state index contributed by atoms with van der Waals surface area (Å²) < 4.78 is 60.6. The lowest BCUT2D eigenvalue weighted by molar-refractivity contribution is -0.138. The molecule has 1 aliphatic rings. The summed E-state index contributed by atoms with van der Waals surface area (Å²) in [5.74, 6) is 0.587. The van der Waals surface area contributed by atoms with Gasteiger partial charge in [-0.05, 0) is 50.0 Å². The van der Waals surface area contributed by atoms with E-state index in [0.717, 1.165) is 12.7 Å². The second-order valence-electron chi connectivity index (χ2n) is 7.62. The molecule has 0 bridgehead atoms. The molecule has 0 unspecified atom stereocenters. The van der Waals surface area contributed by atoms with Crippen LogP contribution in [-0.2, 0) is 20.4 Å². The maximum Gasteiger partial charge on any atom is 0.417 e. The fourth-order valence-electron chi connectivity index (χ4n) is 2.82. The molecule has 0 amide bonds.